The van der Waals surface area contributed by atoms with Crippen molar-refractivity contribution in [2.45, 2.75) is 13.0 Å². The van der Waals surface area contributed by atoms with E-state index in [1.54, 1.807) is 16.3 Å². The van der Waals surface area contributed by atoms with Crippen LogP contribution in [-0.4, -0.2) is 40.4 Å². The summed E-state index contributed by atoms with van der Waals surface area (Å²) >= 11 is 0. The predicted octanol–water partition coefficient (Wildman–Crippen LogP) is 6.29. The number of rotatable bonds is 9. The fourth-order valence-corrected chi connectivity index (χ4v) is 6.15. The second-order valence-electron chi connectivity index (χ2n) is 8.50. The minimum atomic E-state index is -3.14. The van der Waals surface area contributed by atoms with Crippen molar-refractivity contribution in [2.75, 3.05) is 26.2 Å². The van der Waals surface area contributed by atoms with Crippen LogP contribution in [0.4, 0.5) is 18.9 Å². The van der Waals surface area contributed by atoms with Gasteiger partial charge >= 0.3 is 13.4 Å². The molecule has 1 unspecified atom stereocenters. The van der Waals surface area contributed by atoms with Crippen molar-refractivity contribution in [1.29, 1.82) is 0 Å². The van der Waals surface area contributed by atoms with Gasteiger partial charge in [-0.1, -0.05) is 0 Å². The first-order valence-electron chi connectivity index (χ1n) is 11.2. The van der Waals surface area contributed by atoms with E-state index in [4.69, 9.17) is 9.26 Å². The Morgan fingerprint density at radius 1 is 0.917 bits per heavy atom. The minimum Gasteiger partial charge on any atom is -0.450 e. The van der Waals surface area contributed by atoms with E-state index in [0.29, 0.717) is 37.8 Å². The van der Waals surface area contributed by atoms with Gasteiger partial charge in [-0.2, -0.15) is 0 Å². The molecule has 2 saturated heterocycles. The highest BCUT2D eigenvalue weighted by Crippen LogP contribution is 2.63. The molecule has 0 aromatic heterocycles. The summed E-state index contributed by atoms with van der Waals surface area (Å²) in [7, 11) is -3.14. The second kappa shape index (κ2) is 9.33. The molecule has 1 atom stereocenters. The molecule has 0 spiro atoms. The van der Waals surface area contributed by atoms with Crippen LogP contribution in [0.2, 0.25) is 0 Å². The van der Waals surface area contributed by atoms with Crippen LogP contribution in [0.5, 0.6) is 11.5 Å². The van der Waals surface area contributed by atoms with Crippen LogP contribution < -0.4 is 4.74 Å². The molecule has 2 aliphatic rings. The minimum absolute atomic E-state index is 0.0635. The van der Waals surface area contributed by atoms with Crippen molar-refractivity contribution in [3.05, 3.63) is 87.7 Å². The lowest BCUT2D eigenvalue weighted by Gasteiger charge is -2.24. The molecule has 2 fully saturated rings. The predicted molar refractivity (Wildman–Crippen MR) is 125 cm³/mol. The number of ether oxygens (including phenoxy) is 1. The number of hydrogen-bond donors (Lipinski definition) is 0. The van der Waals surface area contributed by atoms with E-state index in [0.717, 1.165) is 18.2 Å². The average Bonchev–Trinajstić information content (AvgIpc) is 3.72. The zero-order valence-corrected chi connectivity index (χ0v) is 20.0. The molecule has 0 bridgehead atoms. The van der Waals surface area contributed by atoms with Crippen LogP contribution in [0.15, 0.2) is 54.6 Å². The Kier molecular flexibility index (Phi) is 6.34. The lowest BCUT2D eigenvalue weighted by molar-refractivity contribution is -0.385. The third-order valence-electron chi connectivity index (χ3n) is 5.90. The summed E-state index contributed by atoms with van der Waals surface area (Å²) in [6.45, 7) is 4.41. The average molecular weight is 519 g/mol. The molecule has 36 heavy (non-hydrogen) atoms. The van der Waals surface area contributed by atoms with Crippen LogP contribution in [-0.2, 0) is 9.09 Å². The molecule has 0 saturated carbocycles. The highest BCUT2D eigenvalue weighted by atomic mass is 31.2. The van der Waals surface area contributed by atoms with E-state index in [2.05, 4.69) is 0 Å². The lowest BCUT2D eigenvalue weighted by atomic mass is 10.0. The van der Waals surface area contributed by atoms with Gasteiger partial charge in [0, 0.05) is 55.5 Å². The van der Waals surface area contributed by atoms with Crippen molar-refractivity contribution in [3.8, 4) is 22.6 Å². The smallest absolute Gasteiger partial charge is 0.346 e. The van der Waals surface area contributed by atoms with Gasteiger partial charge in [0.05, 0.1) is 11.0 Å². The molecule has 0 radical (unpaired) electrons. The largest absolute Gasteiger partial charge is 0.450 e. The Balaban J connectivity index is 1.41. The van der Waals surface area contributed by atoms with Gasteiger partial charge in [-0.05, 0) is 48.9 Å². The highest BCUT2D eigenvalue weighted by molar-refractivity contribution is 7.54. The van der Waals surface area contributed by atoms with E-state index in [1.807, 2.05) is 0 Å². The molecule has 5 rings (SSSR count). The van der Waals surface area contributed by atoms with Gasteiger partial charge in [-0.3, -0.25) is 19.2 Å². The fraction of sp³-hybridized carbons (Fsp3) is 0.250. The second-order valence-corrected chi connectivity index (χ2v) is 10.8. The van der Waals surface area contributed by atoms with E-state index in [-0.39, 0.29) is 28.3 Å². The Labute approximate surface area is 204 Å². The molecule has 3 aromatic rings. The van der Waals surface area contributed by atoms with Gasteiger partial charge in [0.25, 0.3) is 0 Å². The molecule has 0 aliphatic carbocycles. The first kappa shape index (κ1) is 24.5. The van der Waals surface area contributed by atoms with Crippen molar-refractivity contribution in [1.82, 2.24) is 9.34 Å². The normalized spacial score (nSPS) is 16.6. The molecule has 12 heteroatoms. The molecular formula is C24H21F3N3O5P. The molecule has 2 aliphatic heterocycles. The molecule has 188 valence electrons. The van der Waals surface area contributed by atoms with E-state index in [1.165, 1.54) is 30.3 Å². The summed E-state index contributed by atoms with van der Waals surface area (Å²) in [5, 5.41) is 11.6. The van der Waals surface area contributed by atoms with Crippen LogP contribution in [0.25, 0.3) is 11.1 Å². The molecular weight excluding hydrogens is 498 g/mol. The maximum Gasteiger partial charge on any atom is 0.346 e. The zero-order valence-electron chi connectivity index (χ0n) is 19.1. The Morgan fingerprint density at radius 2 is 1.53 bits per heavy atom. The summed E-state index contributed by atoms with van der Waals surface area (Å²) in [6.07, 6.45) is -0.666. The summed E-state index contributed by atoms with van der Waals surface area (Å²) in [5.41, 5.74) is -0.127. The maximum atomic E-state index is 14.8. The van der Waals surface area contributed by atoms with Crippen molar-refractivity contribution >= 4 is 13.4 Å². The fourth-order valence-electron chi connectivity index (χ4n) is 3.80. The van der Waals surface area contributed by atoms with Crippen LogP contribution >= 0.6 is 7.67 Å². The quantitative estimate of drug-likeness (QED) is 0.142. The first-order chi connectivity index (χ1) is 17.2. The molecule has 8 nitrogen and oxygen atoms in total. The lowest BCUT2D eigenvalue weighted by Crippen LogP contribution is -2.10. The van der Waals surface area contributed by atoms with E-state index < -0.39 is 36.1 Å². The summed E-state index contributed by atoms with van der Waals surface area (Å²) < 4.78 is 70.5. The topological polar surface area (TPSA) is 84.7 Å². The van der Waals surface area contributed by atoms with Crippen molar-refractivity contribution in [2.24, 2.45) is 0 Å². The van der Waals surface area contributed by atoms with Crippen molar-refractivity contribution in [3.63, 3.8) is 0 Å². The number of nitrogens with zero attached hydrogens (tertiary/aromatic N) is 3. The molecule has 2 heterocycles. The number of nitro benzene ring substituents is 1. The molecule has 3 aromatic carbocycles. The third kappa shape index (κ3) is 4.87. The van der Waals surface area contributed by atoms with Crippen LogP contribution in [0, 0.1) is 27.6 Å². The third-order valence-corrected chi connectivity index (χ3v) is 8.72. The monoisotopic (exact) mass is 519 g/mol. The summed E-state index contributed by atoms with van der Waals surface area (Å²) in [5.74, 6) is -2.80. The van der Waals surface area contributed by atoms with E-state index in [9.17, 15) is 27.9 Å². The standard InChI is InChI=1S/C24H21F3N3O5P/c1-15(35-36(33,28-8-9-28)29-10-11-29)16-2-7-23(30(31)32)24(12-16)34-18-4-6-20(22(27)14-18)19-5-3-17(25)13-21(19)26/h2-7,12-15H,8-11H2,1H3. The summed E-state index contributed by atoms with van der Waals surface area (Å²) in [4.78, 5) is 10.9. The molecule has 0 amide bonds. The summed E-state index contributed by atoms with van der Waals surface area (Å²) in [6, 6.07) is 10.4. The molecule has 0 N–H and O–H groups in total. The number of hydrogen-bond acceptors (Lipinski definition) is 5. The van der Waals surface area contributed by atoms with Gasteiger partial charge in [0.2, 0.25) is 5.75 Å². The van der Waals surface area contributed by atoms with Crippen LogP contribution in [0.3, 0.4) is 0 Å². The highest BCUT2D eigenvalue weighted by Gasteiger charge is 2.50. The number of nitro groups is 1. The van der Waals surface area contributed by atoms with Gasteiger partial charge < -0.3 is 4.74 Å². The van der Waals surface area contributed by atoms with Gasteiger partial charge in [0.15, 0.2) is 0 Å². The Bertz CT molecular complexity index is 1380. The SMILES string of the molecule is CC(OP(=O)(N1CC1)N1CC1)c1ccc([N+](=O)[O-])c(Oc2ccc(-c3ccc(F)cc3F)c(F)c2)c1. The van der Waals surface area contributed by atoms with Crippen molar-refractivity contribution < 1.29 is 31.9 Å². The van der Waals surface area contributed by atoms with Crippen LogP contribution in [0.1, 0.15) is 18.6 Å². The van der Waals surface area contributed by atoms with Gasteiger partial charge in [0.1, 0.15) is 23.2 Å². The number of benzene rings is 3. The van der Waals surface area contributed by atoms with E-state index >= 15 is 0 Å². The maximum absolute atomic E-state index is 14.8. The zero-order chi connectivity index (χ0) is 25.6. The van der Waals surface area contributed by atoms with Gasteiger partial charge in [-0.25, -0.2) is 22.5 Å². The Hall–Kier alpha value is -3.24. The van der Waals surface area contributed by atoms with Gasteiger partial charge in [-0.15, -0.1) is 0 Å². The Morgan fingerprint density at radius 3 is 2.08 bits per heavy atom. The first-order valence-corrected chi connectivity index (χ1v) is 12.7. The number of halogens is 3.